The predicted octanol–water partition coefficient (Wildman–Crippen LogP) is 3.17. The van der Waals surface area contributed by atoms with E-state index in [1.807, 2.05) is 11.4 Å². The topological polar surface area (TPSA) is 35.0 Å². The normalized spacial score (nSPS) is 11.5. The van der Waals surface area contributed by atoms with Gasteiger partial charge in [0.25, 0.3) is 6.43 Å². The maximum Gasteiger partial charge on any atom is 0.261 e. The van der Waals surface area contributed by atoms with E-state index in [1.165, 1.54) is 11.3 Å². The average Bonchev–Trinajstić information content (AvgIpc) is 2.72. The Kier molecular flexibility index (Phi) is 4.20. The fourth-order valence-corrected chi connectivity index (χ4v) is 2.40. The SMILES string of the molecule is FC(F)COCCc1nc(Cl)c2ccsc2n1. The molecule has 3 nitrogen and oxygen atoms in total. The van der Waals surface area contributed by atoms with E-state index in [9.17, 15) is 8.78 Å². The average molecular weight is 279 g/mol. The van der Waals surface area contributed by atoms with Crippen LogP contribution in [0.5, 0.6) is 0 Å². The zero-order chi connectivity index (χ0) is 12.3. The molecule has 7 heteroatoms. The zero-order valence-electron chi connectivity index (χ0n) is 8.70. The molecular formula is C10H9ClF2N2OS. The van der Waals surface area contributed by atoms with E-state index in [0.29, 0.717) is 17.4 Å². The lowest BCUT2D eigenvalue weighted by Gasteiger charge is -2.03. The number of thiophene rings is 1. The van der Waals surface area contributed by atoms with Gasteiger partial charge in [-0.25, -0.2) is 18.7 Å². The molecule has 0 bridgehead atoms. The first-order valence-electron chi connectivity index (χ1n) is 4.92. The van der Waals surface area contributed by atoms with Crippen molar-refractivity contribution in [3.8, 4) is 0 Å². The molecule has 0 aromatic carbocycles. The summed E-state index contributed by atoms with van der Waals surface area (Å²) in [7, 11) is 0. The van der Waals surface area contributed by atoms with Crippen LogP contribution in [0.25, 0.3) is 10.2 Å². The highest BCUT2D eigenvalue weighted by Gasteiger charge is 2.07. The lowest BCUT2D eigenvalue weighted by Crippen LogP contribution is -2.08. The second-order valence-electron chi connectivity index (χ2n) is 3.29. The number of nitrogens with zero attached hydrogens (tertiary/aromatic N) is 2. The minimum absolute atomic E-state index is 0.164. The largest absolute Gasteiger partial charge is 0.375 e. The first-order valence-corrected chi connectivity index (χ1v) is 6.18. The third kappa shape index (κ3) is 3.31. The van der Waals surface area contributed by atoms with Crippen LogP contribution in [0.15, 0.2) is 11.4 Å². The van der Waals surface area contributed by atoms with Crippen molar-refractivity contribution in [1.82, 2.24) is 9.97 Å². The van der Waals surface area contributed by atoms with Crippen LogP contribution in [0, 0.1) is 0 Å². The highest BCUT2D eigenvalue weighted by Crippen LogP contribution is 2.24. The summed E-state index contributed by atoms with van der Waals surface area (Å²) in [6.45, 7) is -0.396. The number of halogens is 3. The summed E-state index contributed by atoms with van der Waals surface area (Å²) in [5, 5.41) is 3.08. The molecule has 0 amide bonds. The molecule has 2 heterocycles. The van der Waals surface area contributed by atoms with Gasteiger partial charge in [0.1, 0.15) is 22.4 Å². The molecule has 0 radical (unpaired) electrons. The van der Waals surface area contributed by atoms with E-state index in [0.717, 1.165) is 10.2 Å². The highest BCUT2D eigenvalue weighted by molar-refractivity contribution is 7.16. The lowest BCUT2D eigenvalue weighted by molar-refractivity contribution is 0.0183. The molecule has 0 spiro atoms. The molecule has 0 aliphatic rings. The van der Waals surface area contributed by atoms with Crippen LogP contribution >= 0.6 is 22.9 Å². The number of fused-ring (bicyclic) bond motifs is 1. The van der Waals surface area contributed by atoms with Gasteiger partial charge in [0, 0.05) is 11.8 Å². The van der Waals surface area contributed by atoms with Crippen LogP contribution in [-0.4, -0.2) is 29.6 Å². The smallest absolute Gasteiger partial charge is 0.261 e. The molecule has 17 heavy (non-hydrogen) atoms. The van der Waals surface area contributed by atoms with Crippen LogP contribution in [0.1, 0.15) is 5.82 Å². The van der Waals surface area contributed by atoms with E-state index < -0.39 is 13.0 Å². The Morgan fingerprint density at radius 1 is 1.41 bits per heavy atom. The molecule has 2 aromatic rings. The standard InChI is InChI=1S/C10H9ClF2N2OS/c11-9-6-2-4-17-10(6)15-8(14-9)1-3-16-5-7(12)13/h2,4,7H,1,3,5H2. The van der Waals surface area contributed by atoms with Crippen LogP contribution in [0.2, 0.25) is 5.15 Å². The number of hydrogen-bond donors (Lipinski definition) is 0. The Hall–Kier alpha value is -0.850. The second kappa shape index (κ2) is 5.66. The van der Waals surface area contributed by atoms with Gasteiger partial charge < -0.3 is 4.74 Å². The van der Waals surface area contributed by atoms with Crippen LogP contribution in [0.3, 0.4) is 0 Å². The van der Waals surface area contributed by atoms with Gasteiger partial charge in [-0.2, -0.15) is 0 Å². The van der Waals surface area contributed by atoms with Crippen molar-refractivity contribution in [3.63, 3.8) is 0 Å². The number of hydrogen-bond acceptors (Lipinski definition) is 4. The molecule has 0 fully saturated rings. The van der Waals surface area contributed by atoms with Gasteiger partial charge in [-0.1, -0.05) is 11.6 Å². The van der Waals surface area contributed by atoms with E-state index >= 15 is 0 Å². The number of rotatable bonds is 5. The summed E-state index contributed by atoms with van der Waals surface area (Å²) < 4.78 is 28.4. The molecule has 0 saturated heterocycles. The van der Waals surface area contributed by atoms with Gasteiger partial charge >= 0.3 is 0 Å². The molecule has 0 aliphatic carbocycles. The van der Waals surface area contributed by atoms with Gasteiger partial charge in [-0.15, -0.1) is 11.3 Å². The first-order chi connectivity index (χ1) is 8.16. The fourth-order valence-electron chi connectivity index (χ4n) is 1.31. The first kappa shape index (κ1) is 12.6. The van der Waals surface area contributed by atoms with Crippen molar-refractivity contribution in [1.29, 1.82) is 0 Å². The van der Waals surface area contributed by atoms with Crippen molar-refractivity contribution in [2.24, 2.45) is 0 Å². The molecule has 92 valence electrons. The number of aromatic nitrogens is 2. The number of alkyl halides is 2. The molecule has 0 unspecified atom stereocenters. The molecule has 0 N–H and O–H groups in total. The fraction of sp³-hybridized carbons (Fsp3) is 0.400. The van der Waals surface area contributed by atoms with Gasteiger partial charge in [-0.3, -0.25) is 0 Å². The third-order valence-electron chi connectivity index (χ3n) is 2.04. The summed E-state index contributed by atoms with van der Waals surface area (Å²) in [5.74, 6) is 0.513. The van der Waals surface area contributed by atoms with Gasteiger partial charge in [0.05, 0.1) is 6.61 Å². The van der Waals surface area contributed by atoms with Gasteiger partial charge in [0.2, 0.25) is 0 Å². The Morgan fingerprint density at radius 3 is 3.00 bits per heavy atom. The molecule has 2 rings (SSSR count). The maximum absolute atomic E-state index is 11.8. The van der Waals surface area contributed by atoms with Crippen molar-refractivity contribution >= 4 is 33.2 Å². The monoisotopic (exact) mass is 278 g/mol. The van der Waals surface area contributed by atoms with Crippen LogP contribution in [-0.2, 0) is 11.2 Å². The highest BCUT2D eigenvalue weighted by atomic mass is 35.5. The molecule has 0 saturated carbocycles. The third-order valence-corrected chi connectivity index (χ3v) is 3.13. The Labute approximate surface area is 105 Å². The summed E-state index contributed by atoms with van der Waals surface area (Å²) in [6, 6.07) is 1.85. The van der Waals surface area contributed by atoms with E-state index in [-0.39, 0.29) is 6.61 Å². The van der Waals surface area contributed by atoms with Crippen molar-refractivity contribution in [2.75, 3.05) is 13.2 Å². The van der Waals surface area contributed by atoms with Gasteiger partial charge in [0.15, 0.2) is 0 Å². The quantitative estimate of drug-likeness (QED) is 0.622. The Bertz CT molecular complexity index is 506. The Balaban J connectivity index is 1.99. The predicted molar refractivity (Wildman–Crippen MR) is 63.0 cm³/mol. The van der Waals surface area contributed by atoms with Crippen molar-refractivity contribution < 1.29 is 13.5 Å². The summed E-state index contributed by atoms with van der Waals surface area (Å²) in [6.07, 6.45) is -2.07. The molecule has 0 aliphatic heterocycles. The molecule has 2 aromatic heterocycles. The summed E-state index contributed by atoms with van der Waals surface area (Å²) in [4.78, 5) is 9.15. The summed E-state index contributed by atoms with van der Waals surface area (Å²) in [5.41, 5.74) is 0. The maximum atomic E-state index is 11.8. The van der Waals surface area contributed by atoms with Crippen molar-refractivity contribution in [3.05, 3.63) is 22.4 Å². The minimum atomic E-state index is -2.45. The lowest BCUT2D eigenvalue weighted by atomic mass is 10.4. The van der Waals surface area contributed by atoms with Crippen molar-refractivity contribution in [2.45, 2.75) is 12.8 Å². The van der Waals surface area contributed by atoms with E-state index in [2.05, 4.69) is 9.97 Å². The van der Waals surface area contributed by atoms with E-state index in [1.54, 1.807) is 0 Å². The zero-order valence-corrected chi connectivity index (χ0v) is 10.3. The second-order valence-corrected chi connectivity index (χ2v) is 4.54. The summed E-state index contributed by atoms with van der Waals surface area (Å²) >= 11 is 7.42. The van der Waals surface area contributed by atoms with E-state index in [4.69, 9.17) is 16.3 Å². The number of ether oxygens (including phenoxy) is 1. The molecule has 0 atom stereocenters. The minimum Gasteiger partial charge on any atom is -0.375 e. The molecular weight excluding hydrogens is 270 g/mol. The van der Waals surface area contributed by atoms with Gasteiger partial charge in [-0.05, 0) is 11.4 Å². The van der Waals surface area contributed by atoms with Crippen LogP contribution < -0.4 is 0 Å². The van der Waals surface area contributed by atoms with Crippen LogP contribution in [0.4, 0.5) is 8.78 Å². The Morgan fingerprint density at radius 2 is 2.24 bits per heavy atom.